The van der Waals surface area contributed by atoms with Gasteiger partial charge in [0.25, 0.3) is 0 Å². The Morgan fingerprint density at radius 1 is 1.42 bits per heavy atom. The van der Waals surface area contributed by atoms with Crippen LogP contribution in [0.15, 0.2) is 51.8 Å². The van der Waals surface area contributed by atoms with E-state index in [4.69, 9.17) is 4.99 Å². The van der Waals surface area contributed by atoms with E-state index in [1.54, 1.807) is 0 Å². The van der Waals surface area contributed by atoms with Gasteiger partial charge < -0.3 is 15.3 Å². The number of aliphatic imine (C=N–C) groups is 1. The molecule has 0 aromatic heterocycles. The van der Waals surface area contributed by atoms with Gasteiger partial charge in [0.1, 0.15) is 11.2 Å². The molecule has 0 aromatic carbocycles. The smallest absolute Gasteiger partial charge is 0.116 e. The van der Waals surface area contributed by atoms with Gasteiger partial charge in [-0.3, -0.25) is 9.89 Å². The van der Waals surface area contributed by atoms with Crippen LogP contribution in [0.25, 0.3) is 0 Å². The number of nitrogens with zero attached hydrogens (tertiary/aromatic N) is 3. The molecule has 0 saturated carbocycles. The zero-order valence-electron chi connectivity index (χ0n) is 14.1. The van der Waals surface area contributed by atoms with Crippen LogP contribution in [0.2, 0.25) is 0 Å². The van der Waals surface area contributed by atoms with Gasteiger partial charge in [-0.25, -0.2) is 0 Å². The fourth-order valence-corrected chi connectivity index (χ4v) is 5.06. The Labute approximate surface area is 147 Å². The van der Waals surface area contributed by atoms with Crippen molar-refractivity contribution in [2.45, 2.75) is 18.3 Å². The van der Waals surface area contributed by atoms with E-state index in [0.29, 0.717) is 0 Å². The first-order chi connectivity index (χ1) is 11.6. The number of likely N-dealkylation sites (N-methyl/N-ethyl adjacent to an activating group) is 1. The molecule has 4 aliphatic heterocycles. The van der Waals surface area contributed by atoms with Crippen LogP contribution in [0.4, 0.5) is 0 Å². The topological polar surface area (TPSA) is 51.1 Å². The molecule has 5 nitrogen and oxygen atoms in total. The maximum atomic E-state index is 9.62. The Morgan fingerprint density at radius 3 is 3.12 bits per heavy atom. The average molecular weight is 344 g/mol. The Bertz CT molecular complexity index is 681. The molecule has 1 fully saturated rings. The number of allylic oxidation sites excluding steroid dienone is 3. The SMILES string of the molecule is CC1=CC23C=C(N4CCN(C)[C@@H](CO)C4)NC=C2C=CC=NC3S1. The summed E-state index contributed by atoms with van der Waals surface area (Å²) in [6.07, 6.45) is 12.9. The highest BCUT2D eigenvalue weighted by Crippen LogP contribution is 2.53. The Kier molecular flexibility index (Phi) is 4.06. The van der Waals surface area contributed by atoms with Gasteiger partial charge in [-0.2, -0.15) is 0 Å². The predicted molar refractivity (Wildman–Crippen MR) is 99.6 cm³/mol. The van der Waals surface area contributed by atoms with E-state index in [9.17, 15) is 5.11 Å². The number of nitrogens with one attached hydrogen (secondary N) is 1. The molecule has 3 atom stereocenters. The number of hydrogen-bond acceptors (Lipinski definition) is 6. The molecule has 2 N–H and O–H groups in total. The van der Waals surface area contributed by atoms with E-state index < -0.39 is 0 Å². The van der Waals surface area contributed by atoms with Crippen molar-refractivity contribution >= 4 is 18.0 Å². The van der Waals surface area contributed by atoms with E-state index in [2.05, 4.69) is 53.5 Å². The second kappa shape index (κ2) is 6.10. The highest BCUT2D eigenvalue weighted by Gasteiger charge is 2.45. The van der Waals surface area contributed by atoms with Crippen molar-refractivity contribution in [1.29, 1.82) is 0 Å². The summed E-state index contributed by atoms with van der Waals surface area (Å²) in [4.78, 5) is 10.7. The second-order valence-corrected chi connectivity index (χ2v) is 8.18. The van der Waals surface area contributed by atoms with Gasteiger partial charge in [0.15, 0.2) is 0 Å². The summed E-state index contributed by atoms with van der Waals surface area (Å²) >= 11 is 1.84. The highest BCUT2D eigenvalue weighted by molar-refractivity contribution is 8.03. The van der Waals surface area contributed by atoms with Crippen molar-refractivity contribution in [2.24, 2.45) is 10.4 Å². The molecule has 4 aliphatic rings. The predicted octanol–water partition coefficient (Wildman–Crippen LogP) is 1.53. The van der Waals surface area contributed by atoms with Crippen LogP contribution in [-0.4, -0.2) is 65.8 Å². The average Bonchev–Trinajstić information content (AvgIpc) is 2.78. The van der Waals surface area contributed by atoms with Crippen molar-refractivity contribution in [3.05, 3.63) is 46.8 Å². The molecule has 24 heavy (non-hydrogen) atoms. The molecule has 1 saturated heterocycles. The number of piperazine rings is 1. The summed E-state index contributed by atoms with van der Waals surface area (Å²) in [5.74, 6) is 1.13. The Morgan fingerprint density at radius 2 is 2.29 bits per heavy atom. The van der Waals surface area contributed by atoms with Crippen LogP contribution >= 0.6 is 11.8 Å². The lowest BCUT2D eigenvalue weighted by Crippen LogP contribution is -2.54. The van der Waals surface area contributed by atoms with Crippen molar-refractivity contribution in [3.63, 3.8) is 0 Å². The van der Waals surface area contributed by atoms with Crippen LogP contribution < -0.4 is 5.32 Å². The van der Waals surface area contributed by atoms with Crippen LogP contribution in [0, 0.1) is 5.41 Å². The quantitative estimate of drug-likeness (QED) is 0.796. The van der Waals surface area contributed by atoms with Gasteiger partial charge >= 0.3 is 0 Å². The lowest BCUT2D eigenvalue weighted by Gasteiger charge is -2.43. The number of hydrogen-bond donors (Lipinski definition) is 2. The largest absolute Gasteiger partial charge is 0.395 e. The summed E-state index contributed by atoms with van der Waals surface area (Å²) in [5, 5.41) is 13.3. The third kappa shape index (κ3) is 2.53. The number of thioether (sulfide) groups is 1. The minimum Gasteiger partial charge on any atom is -0.395 e. The first-order valence-corrected chi connectivity index (χ1v) is 9.32. The first-order valence-electron chi connectivity index (χ1n) is 8.44. The first kappa shape index (κ1) is 16.0. The fourth-order valence-electron chi connectivity index (χ4n) is 3.85. The minimum absolute atomic E-state index is 0.164. The molecule has 2 unspecified atom stereocenters. The molecule has 0 bridgehead atoms. The summed E-state index contributed by atoms with van der Waals surface area (Å²) in [5.41, 5.74) is 1.09. The van der Waals surface area contributed by atoms with E-state index in [1.807, 2.05) is 24.1 Å². The third-order valence-corrected chi connectivity index (χ3v) is 6.54. The van der Waals surface area contributed by atoms with Crippen LogP contribution in [0.5, 0.6) is 0 Å². The van der Waals surface area contributed by atoms with E-state index in [-0.39, 0.29) is 23.4 Å². The number of rotatable bonds is 2. The van der Waals surface area contributed by atoms with Gasteiger partial charge in [-0.15, -0.1) is 11.8 Å². The maximum absolute atomic E-state index is 9.62. The summed E-state index contributed by atoms with van der Waals surface area (Å²) in [6, 6.07) is 0.183. The molecule has 4 heterocycles. The summed E-state index contributed by atoms with van der Waals surface area (Å²) in [7, 11) is 2.08. The minimum atomic E-state index is -0.170. The lowest BCUT2D eigenvalue weighted by molar-refractivity contribution is 0.0704. The zero-order valence-corrected chi connectivity index (χ0v) is 15.0. The van der Waals surface area contributed by atoms with Gasteiger partial charge in [-0.05, 0) is 36.6 Å². The third-order valence-electron chi connectivity index (χ3n) is 5.31. The number of aliphatic hydroxyl groups is 1. The molecular weight excluding hydrogens is 320 g/mol. The highest BCUT2D eigenvalue weighted by atomic mass is 32.2. The van der Waals surface area contributed by atoms with Crippen LogP contribution in [0.1, 0.15) is 6.92 Å². The van der Waals surface area contributed by atoms with Gasteiger partial charge in [0.05, 0.1) is 18.1 Å². The fraction of sp³-hybridized carbons (Fsp3) is 0.500. The maximum Gasteiger partial charge on any atom is 0.116 e. The normalized spacial score (nSPS) is 35.5. The van der Waals surface area contributed by atoms with Crippen LogP contribution in [0.3, 0.4) is 0 Å². The molecule has 1 spiro atoms. The molecular formula is C18H24N4OS. The monoisotopic (exact) mass is 344 g/mol. The second-order valence-electron chi connectivity index (χ2n) is 6.85. The summed E-state index contributed by atoms with van der Waals surface area (Å²) in [6.45, 7) is 5.11. The Hall–Kier alpha value is -1.50. The van der Waals surface area contributed by atoms with Gasteiger partial charge in [-0.1, -0.05) is 12.2 Å². The molecule has 128 valence electrons. The van der Waals surface area contributed by atoms with Gasteiger partial charge in [0, 0.05) is 32.0 Å². The number of dihydropyridines is 1. The molecule has 0 radical (unpaired) electrons. The molecule has 0 aromatic rings. The molecule has 6 heteroatoms. The molecule has 4 rings (SSSR count). The van der Waals surface area contributed by atoms with Crippen molar-refractivity contribution in [2.75, 3.05) is 33.3 Å². The zero-order chi connectivity index (χ0) is 16.7. The van der Waals surface area contributed by atoms with E-state index in [1.165, 1.54) is 10.5 Å². The Balaban J connectivity index is 1.67. The van der Waals surface area contributed by atoms with Crippen molar-refractivity contribution in [1.82, 2.24) is 15.1 Å². The number of aliphatic hydroxyl groups excluding tert-OH is 1. The van der Waals surface area contributed by atoms with Gasteiger partial charge in [0.2, 0.25) is 0 Å². The summed E-state index contributed by atoms with van der Waals surface area (Å²) < 4.78 is 0. The lowest BCUT2D eigenvalue weighted by atomic mass is 9.78. The van der Waals surface area contributed by atoms with Crippen molar-refractivity contribution in [3.8, 4) is 0 Å². The van der Waals surface area contributed by atoms with Crippen molar-refractivity contribution < 1.29 is 5.11 Å². The standard InChI is InChI=1S/C18H24N4OS/c1-13-8-18-9-16(22-7-6-21(2)15(11-22)12-23)20-10-14(18)4-3-5-19-17(18)24-13/h3-5,8-10,15,17,20,23H,6-7,11-12H2,1-2H3/t15-,17?,18?/m1/s1. The molecule has 0 amide bonds. The van der Waals surface area contributed by atoms with Crippen LogP contribution in [-0.2, 0) is 0 Å². The van der Waals surface area contributed by atoms with E-state index in [0.717, 1.165) is 25.5 Å². The molecule has 0 aliphatic carbocycles. The van der Waals surface area contributed by atoms with E-state index >= 15 is 0 Å².